The van der Waals surface area contributed by atoms with Crippen LogP contribution in [0.4, 0.5) is 0 Å². The molecule has 0 aliphatic carbocycles. The largest absolute Gasteiger partial charge is 0.379 e. The van der Waals surface area contributed by atoms with Crippen molar-refractivity contribution in [2.24, 2.45) is 10.8 Å². The van der Waals surface area contributed by atoms with Gasteiger partial charge in [-0.3, -0.25) is 10.3 Å². The fraction of sp³-hybridized carbons (Fsp3) is 0.429. The predicted molar refractivity (Wildman–Crippen MR) is 84.8 cm³/mol. The number of hydrogen-bond donors (Lipinski definition) is 2. The summed E-state index contributed by atoms with van der Waals surface area (Å²) in [6, 6.07) is 10.1. The summed E-state index contributed by atoms with van der Waals surface area (Å²) < 4.78 is 5.35. The van der Waals surface area contributed by atoms with Gasteiger partial charge in [0.15, 0.2) is 5.11 Å². The van der Waals surface area contributed by atoms with Gasteiger partial charge in [0, 0.05) is 26.1 Å². The van der Waals surface area contributed by atoms with Crippen molar-refractivity contribution >= 4 is 23.0 Å². The van der Waals surface area contributed by atoms with Crippen LogP contribution in [0.2, 0.25) is 0 Å². The molecular weight excluding hydrogens is 272 g/mol. The van der Waals surface area contributed by atoms with E-state index in [1.165, 1.54) is 0 Å². The topological polar surface area (TPSA) is 62.9 Å². The quantitative estimate of drug-likeness (QED) is 0.480. The fourth-order valence-electron chi connectivity index (χ4n) is 2.11. The Morgan fingerprint density at radius 3 is 2.65 bits per heavy atom. The van der Waals surface area contributed by atoms with Gasteiger partial charge in [-0.2, -0.15) is 5.10 Å². The predicted octanol–water partition coefficient (Wildman–Crippen LogP) is 0.946. The minimum atomic E-state index is 0.185. The molecule has 1 aromatic rings. The first-order chi connectivity index (χ1) is 9.75. The molecule has 2 rings (SSSR count). The molecule has 0 radical (unpaired) electrons. The normalized spacial score (nSPS) is 16.9. The highest BCUT2D eigenvalue weighted by molar-refractivity contribution is 7.80. The highest BCUT2D eigenvalue weighted by Gasteiger charge is 2.12. The van der Waals surface area contributed by atoms with E-state index in [1.807, 2.05) is 30.3 Å². The van der Waals surface area contributed by atoms with Crippen molar-refractivity contribution in [1.29, 1.82) is 0 Å². The monoisotopic (exact) mass is 292 g/mol. The van der Waals surface area contributed by atoms with E-state index in [1.54, 1.807) is 0 Å². The Labute approximate surface area is 124 Å². The zero-order valence-electron chi connectivity index (χ0n) is 11.4. The van der Waals surface area contributed by atoms with Crippen molar-refractivity contribution in [2.75, 3.05) is 32.8 Å². The molecule has 5 nitrogen and oxygen atoms in total. The maximum Gasteiger partial charge on any atom is 0.184 e. The third-order valence-corrected chi connectivity index (χ3v) is 3.27. The molecule has 1 fully saturated rings. The first kappa shape index (κ1) is 14.9. The summed E-state index contributed by atoms with van der Waals surface area (Å²) in [6.07, 6.45) is 0.847. The fourth-order valence-corrected chi connectivity index (χ4v) is 2.15. The van der Waals surface area contributed by atoms with Gasteiger partial charge in [-0.25, -0.2) is 0 Å². The number of hydrogen-bond acceptors (Lipinski definition) is 4. The van der Waals surface area contributed by atoms with Gasteiger partial charge < -0.3 is 10.5 Å². The number of nitrogens with zero attached hydrogens (tertiary/aromatic N) is 2. The number of thiocarbonyl (C=S) groups is 1. The Balaban J connectivity index is 1.99. The molecule has 0 bridgehead atoms. The molecule has 108 valence electrons. The summed E-state index contributed by atoms with van der Waals surface area (Å²) in [5.74, 6) is 0. The number of nitrogens with one attached hydrogen (secondary N) is 1. The molecule has 0 atom stereocenters. The van der Waals surface area contributed by atoms with Crippen LogP contribution < -0.4 is 11.2 Å². The lowest BCUT2D eigenvalue weighted by Gasteiger charge is -2.26. The van der Waals surface area contributed by atoms with Crippen LogP contribution in [0.3, 0.4) is 0 Å². The highest BCUT2D eigenvalue weighted by atomic mass is 32.1. The van der Waals surface area contributed by atoms with Gasteiger partial charge in [0.25, 0.3) is 0 Å². The minimum Gasteiger partial charge on any atom is -0.379 e. The van der Waals surface area contributed by atoms with Gasteiger partial charge in [-0.15, -0.1) is 0 Å². The molecule has 0 amide bonds. The van der Waals surface area contributed by atoms with Crippen molar-refractivity contribution in [3.8, 4) is 0 Å². The Kier molecular flexibility index (Phi) is 5.91. The molecule has 0 saturated carbocycles. The van der Waals surface area contributed by atoms with Crippen LogP contribution in [0.5, 0.6) is 0 Å². The zero-order valence-corrected chi connectivity index (χ0v) is 12.2. The lowest BCUT2D eigenvalue weighted by molar-refractivity contribution is 0.0392. The van der Waals surface area contributed by atoms with Gasteiger partial charge in [0.05, 0.1) is 18.9 Å². The molecule has 1 aromatic carbocycles. The molecule has 0 unspecified atom stereocenters. The molecule has 20 heavy (non-hydrogen) atoms. The van der Waals surface area contributed by atoms with Crippen LogP contribution in [0.15, 0.2) is 35.4 Å². The summed E-state index contributed by atoms with van der Waals surface area (Å²) in [5.41, 5.74) is 10.2. The Bertz CT molecular complexity index is 458. The summed E-state index contributed by atoms with van der Waals surface area (Å²) >= 11 is 4.81. The molecule has 0 spiro atoms. The summed E-state index contributed by atoms with van der Waals surface area (Å²) in [4.78, 5) is 2.38. The molecule has 0 aromatic heterocycles. The lowest BCUT2D eigenvalue weighted by Crippen LogP contribution is -2.37. The lowest BCUT2D eigenvalue weighted by atomic mass is 10.1. The number of rotatable bonds is 5. The second-order valence-electron chi connectivity index (χ2n) is 4.60. The number of benzene rings is 1. The van der Waals surface area contributed by atoms with Crippen LogP contribution >= 0.6 is 12.2 Å². The van der Waals surface area contributed by atoms with Gasteiger partial charge in [-0.05, 0) is 17.8 Å². The van der Waals surface area contributed by atoms with E-state index in [4.69, 9.17) is 22.7 Å². The second kappa shape index (κ2) is 7.94. The number of morpholine rings is 1. The van der Waals surface area contributed by atoms with Gasteiger partial charge in [0.2, 0.25) is 0 Å². The van der Waals surface area contributed by atoms with Crippen LogP contribution in [-0.4, -0.2) is 48.6 Å². The van der Waals surface area contributed by atoms with E-state index in [0.717, 1.165) is 50.5 Å². The Hall–Kier alpha value is -1.50. The molecule has 1 heterocycles. The molecule has 3 N–H and O–H groups in total. The van der Waals surface area contributed by atoms with E-state index in [-0.39, 0.29) is 5.11 Å². The highest BCUT2D eigenvalue weighted by Crippen LogP contribution is 2.06. The minimum absolute atomic E-state index is 0.185. The molecular formula is C14H20N4OS. The van der Waals surface area contributed by atoms with Crippen molar-refractivity contribution in [2.45, 2.75) is 6.42 Å². The standard InChI is InChI=1S/C14H20N4OS/c15-14(20)17-16-13(12-4-2-1-3-5-12)6-7-18-8-10-19-11-9-18/h1-5H,6-11H2,(H3,15,17,20)/b16-13+. The Morgan fingerprint density at radius 2 is 2.00 bits per heavy atom. The Morgan fingerprint density at radius 1 is 1.30 bits per heavy atom. The van der Waals surface area contributed by atoms with Crippen molar-refractivity contribution in [3.05, 3.63) is 35.9 Å². The smallest absolute Gasteiger partial charge is 0.184 e. The third kappa shape index (κ3) is 4.88. The van der Waals surface area contributed by atoms with E-state index in [0.29, 0.717) is 0 Å². The second-order valence-corrected chi connectivity index (χ2v) is 5.04. The van der Waals surface area contributed by atoms with Gasteiger partial charge in [0.1, 0.15) is 0 Å². The number of nitrogens with two attached hydrogens (primary N) is 1. The SMILES string of the molecule is NC(=S)N/N=C(\CCN1CCOCC1)c1ccccc1. The van der Waals surface area contributed by atoms with E-state index in [2.05, 4.69) is 15.4 Å². The third-order valence-electron chi connectivity index (χ3n) is 3.18. The first-order valence-corrected chi connectivity index (χ1v) is 7.14. The average Bonchev–Trinajstić information content (AvgIpc) is 2.49. The van der Waals surface area contributed by atoms with Crippen molar-refractivity contribution in [3.63, 3.8) is 0 Å². The van der Waals surface area contributed by atoms with Crippen LogP contribution in [0.25, 0.3) is 0 Å². The van der Waals surface area contributed by atoms with Crippen LogP contribution in [0, 0.1) is 0 Å². The molecule has 6 heteroatoms. The maximum atomic E-state index is 5.44. The summed E-state index contributed by atoms with van der Waals surface area (Å²) in [6.45, 7) is 4.53. The zero-order chi connectivity index (χ0) is 14.2. The first-order valence-electron chi connectivity index (χ1n) is 6.73. The molecule has 1 aliphatic rings. The summed E-state index contributed by atoms with van der Waals surface area (Å²) in [5, 5.41) is 4.51. The molecule has 1 saturated heterocycles. The van der Waals surface area contributed by atoms with E-state index in [9.17, 15) is 0 Å². The van der Waals surface area contributed by atoms with Crippen molar-refractivity contribution < 1.29 is 4.74 Å². The van der Waals surface area contributed by atoms with Crippen molar-refractivity contribution in [1.82, 2.24) is 10.3 Å². The molecule has 1 aliphatic heterocycles. The van der Waals surface area contributed by atoms with Gasteiger partial charge >= 0.3 is 0 Å². The van der Waals surface area contributed by atoms with Gasteiger partial charge in [-0.1, -0.05) is 30.3 Å². The van der Waals surface area contributed by atoms with Crippen LogP contribution in [-0.2, 0) is 4.74 Å². The summed E-state index contributed by atoms with van der Waals surface area (Å²) in [7, 11) is 0. The maximum absolute atomic E-state index is 5.44. The average molecular weight is 292 g/mol. The number of ether oxygens (including phenoxy) is 1. The van der Waals surface area contributed by atoms with Crippen LogP contribution in [0.1, 0.15) is 12.0 Å². The van der Waals surface area contributed by atoms with E-state index >= 15 is 0 Å². The van der Waals surface area contributed by atoms with E-state index < -0.39 is 0 Å². The number of hydrazone groups is 1.